The first kappa shape index (κ1) is 20.0. The van der Waals surface area contributed by atoms with Gasteiger partial charge in [0.2, 0.25) is 0 Å². The van der Waals surface area contributed by atoms with Crippen LogP contribution in [0.2, 0.25) is 0 Å². The average Bonchev–Trinajstić information content (AvgIpc) is 2.64. The molecule has 1 aliphatic heterocycles. The van der Waals surface area contributed by atoms with Gasteiger partial charge in [0.1, 0.15) is 5.60 Å². The smallest absolute Gasteiger partial charge is 0.410 e. The molecule has 150 valence electrons. The molecule has 2 aromatic carbocycles. The Morgan fingerprint density at radius 3 is 2.43 bits per heavy atom. The third-order valence-electron chi connectivity index (χ3n) is 4.71. The molecule has 0 atom stereocenters. The number of piperidine rings is 1. The number of nitrogens with zero attached hydrogens (tertiary/aromatic N) is 1. The highest BCUT2D eigenvalue weighted by atomic mass is 19.1. The van der Waals surface area contributed by atoms with Gasteiger partial charge in [0.15, 0.2) is 17.3 Å². The normalized spacial score (nSPS) is 15.4. The van der Waals surface area contributed by atoms with Crippen LogP contribution in [0.4, 0.5) is 14.9 Å². The number of halogens is 1. The summed E-state index contributed by atoms with van der Waals surface area (Å²) in [5.41, 5.74) is 7.05. The van der Waals surface area contributed by atoms with E-state index < -0.39 is 11.4 Å². The van der Waals surface area contributed by atoms with E-state index in [9.17, 15) is 9.18 Å². The third-order valence-corrected chi connectivity index (χ3v) is 4.71. The summed E-state index contributed by atoms with van der Waals surface area (Å²) in [7, 11) is 0. The molecule has 28 heavy (non-hydrogen) atoms. The minimum Gasteiger partial charge on any atom is -0.452 e. The molecule has 6 heteroatoms. The molecular formula is C22H27FN2O3. The minimum atomic E-state index is -0.496. The van der Waals surface area contributed by atoms with Crippen molar-refractivity contribution in [3.05, 3.63) is 53.8 Å². The zero-order valence-corrected chi connectivity index (χ0v) is 16.6. The van der Waals surface area contributed by atoms with Crippen molar-refractivity contribution in [1.29, 1.82) is 0 Å². The molecule has 1 aliphatic rings. The zero-order chi connectivity index (χ0) is 20.3. The molecule has 0 aliphatic carbocycles. The molecule has 0 bridgehead atoms. The number of carbonyl (C=O) groups excluding carboxylic acids is 1. The Labute approximate surface area is 165 Å². The van der Waals surface area contributed by atoms with E-state index in [2.05, 4.69) is 0 Å². The first-order valence-corrected chi connectivity index (χ1v) is 9.52. The van der Waals surface area contributed by atoms with E-state index in [1.54, 1.807) is 29.2 Å². The second kappa shape index (κ2) is 8.09. The lowest BCUT2D eigenvalue weighted by molar-refractivity contribution is 0.0205. The van der Waals surface area contributed by atoms with Crippen molar-refractivity contribution in [2.24, 2.45) is 0 Å². The van der Waals surface area contributed by atoms with Crippen LogP contribution in [0.5, 0.6) is 11.5 Å². The first-order chi connectivity index (χ1) is 13.2. The summed E-state index contributed by atoms with van der Waals surface area (Å²) < 4.78 is 25.0. The van der Waals surface area contributed by atoms with E-state index >= 15 is 0 Å². The zero-order valence-electron chi connectivity index (χ0n) is 16.6. The van der Waals surface area contributed by atoms with Crippen LogP contribution in [0.1, 0.15) is 45.1 Å². The van der Waals surface area contributed by atoms with Gasteiger partial charge in [-0.3, -0.25) is 0 Å². The van der Waals surface area contributed by atoms with Gasteiger partial charge in [-0.2, -0.15) is 0 Å². The van der Waals surface area contributed by atoms with Crippen molar-refractivity contribution in [3.63, 3.8) is 0 Å². The lowest BCUT2D eigenvalue weighted by Gasteiger charge is -2.33. The maximum absolute atomic E-state index is 13.9. The van der Waals surface area contributed by atoms with Crippen LogP contribution in [0, 0.1) is 5.82 Å². The van der Waals surface area contributed by atoms with Gasteiger partial charge in [-0.1, -0.05) is 18.2 Å². The number of carbonyl (C=O) groups is 1. The van der Waals surface area contributed by atoms with Gasteiger partial charge >= 0.3 is 6.09 Å². The van der Waals surface area contributed by atoms with Gasteiger partial charge in [-0.15, -0.1) is 0 Å². The second-order valence-electron chi connectivity index (χ2n) is 8.07. The van der Waals surface area contributed by atoms with Gasteiger partial charge in [0, 0.05) is 13.1 Å². The van der Waals surface area contributed by atoms with E-state index in [1.165, 1.54) is 6.07 Å². The number of nitrogens with two attached hydrogens (primary N) is 1. The Hall–Kier alpha value is -2.76. The fourth-order valence-electron chi connectivity index (χ4n) is 3.26. The van der Waals surface area contributed by atoms with Crippen LogP contribution in [0.15, 0.2) is 42.5 Å². The molecule has 3 rings (SSSR count). The number of nitrogen functional groups attached to an aromatic ring is 1. The molecule has 0 unspecified atom stereocenters. The molecule has 0 saturated carbocycles. The predicted molar refractivity (Wildman–Crippen MR) is 107 cm³/mol. The van der Waals surface area contributed by atoms with Crippen molar-refractivity contribution in [1.82, 2.24) is 4.90 Å². The Bertz CT molecular complexity index is 840. The molecule has 1 saturated heterocycles. The number of hydrogen-bond acceptors (Lipinski definition) is 4. The summed E-state index contributed by atoms with van der Waals surface area (Å²) >= 11 is 0. The molecule has 1 fully saturated rings. The Morgan fingerprint density at radius 1 is 1.11 bits per heavy atom. The lowest BCUT2D eigenvalue weighted by atomic mass is 9.89. The van der Waals surface area contributed by atoms with E-state index in [0.29, 0.717) is 24.5 Å². The quantitative estimate of drug-likeness (QED) is 0.726. The minimum absolute atomic E-state index is 0.145. The van der Waals surface area contributed by atoms with Crippen LogP contribution in [-0.4, -0.2) is 29.7 Å². The monoisotopic (exact) mass is 386 g/mol. The average molecular weight is 386 g/mol. The highest BCUT2D eigenvalue weighted by Crippen LogP contribution is 2.35. The molecule has 1 heterocycles. The molecular weight excluding hydrogens is 359 g/mol. The van der Waals surface area contributed by atoms with E-state index in [-0.39, 0.29) is 17.8 Å². The third kappa shape index (κ3) is 4.94. The molecule has 5 nitrogen and oxygen atoms in total. The second-order valence-corrected chi connectivity index (χ2v) is 8.07. The van der Waals surface area contributed by atoms with Crippen molar-refractivity contribution in [2.75, 3.05) is 18.8 Å². The van der Waals surface area contributed by atoms with Crippen molar-refractivity contribution >= 4 is 11.8 Å². The highest BCUT2D eigenvalue weighted by molar-refractivity contribution is 5.68. The summed E-state index contributed by atoms with van der Waals surface area (Å²) in [5.74, 6) is 0.434. The Morgan fingerprint density at radius 2 is 1.79 bits per heavy atom. The first-order valence-electron chi connectivity index (χ1n) is 9.52. The summed E-state index contributed by atoms with van der Waals surface area (Å²) in [6, 6.07) is 11.9. The number of benzene rings is 2. The molecule has 0 radical (unpaired) electrons. The van der Waals surface area contributed by atoms with Crippen LogP contribution in [-0.2, 0) is 4.74 Å². The number of likely N-dealkylation sites (tertiary alicyclic amines) is 1. The Kier molecular flexibility index (Phi) is 5.77. The van der Waals surface area contributed by atoms with Crippen molar-refractivity contribution in [3.8, 4) is 11.5 Å². The van der Waals surface area contributed by atoms with Crippen LogP contribution >= 0.6 is 0 Å². The number of amides is 1. The predicted octanol–water partition coefficient (Wildman–Crippen LogP) is 5.31. The number of hydrogen-bond donors (Lipinski definition) is 1. The number of anilines is 1. The SMILES string of the molecule is CC(C)(C)OC(=O)N1CCC(c2ccc(N)c(Oc3ccccc3F)c2)CC1. The molecule has 1 amide bonds. The van der Waals surface area contributed by atoms with Crippen LogP contribution in [0.3, 0.4) is 0 Å². The fourth-order valence-corrected chi connectivity index (χ4v) is 3.26. The topological polar surface area (TPSA) is 64.8 Å². The van der Waals surface area contributed by atoms with E-state index in [4.69, 9.17) is 15.2 Å². The number of ether oxygens (including phenoxy) is 2. The summed E-state index contributed by atoms with van der Waals surface area (Å²) in [4.78, 5) is 14.0. The van der Waals surface area contributed by atoms with Crippen molar-refractivity contribution in [2.45, 2.75) is 45.1 Å². The summed E-state index contributed by atoms with van der Waals surface area (Å²) in [6.07, 6.45) is 1.37. The van der Waals surface area contributed by atoms with Gasteiger partial charge < -0.3 is 20.1 Å². The molecule has 0 aromatic heterocycles. The summed E-state index contributed by atoms with van der Waals surface area (Å²) in [6.45, 7) is 6.86. The van der Waals surface area contributed by atoms with Gasteiger partial charge in [0.05, 0.1) is 5.69 Å². The van der Waals surface area contributed by atoms with Gasteiger partial charge in [0.25, 0.3) is 0 Å². The lowest BCUT2D eigenvalue weighted by Crippen LogP contribution is -2.41. The van der Waals surface area contributed by atoms with Crippen molar-refractivity contribution < 1.29 is 18.7 Å². The van der Waals surface area contributed by atoms with Crippen LogP contribution < -0.4 is 10.5 Å². The van der Waals surface area contributed by atoms with Gasteiger partial charge in [-0.05, 0) is 69.4 Å². The van der Waals surface area contributed by atoms with E-state index in [1.807, 2.05) is 32.9 Å². The maximum atomic E-state index is 13.9. The number of para-hydroxylation sites is 1. The Balaban J connectivity index is 1.67. The maximum Gasteiger partial charge on any atom is 0.410 e. The highest BCUT2D eigenvalue weighted by Gasteiger charge is 2.27. The van der Waals surface area contributed by atoms with Gasteiger partial charge in [-0.25, -0.2) is 9.18 Å². The molecule has 0 spiro atoms. The fraction of sp³-hybridized carbons (Fsp3) is 0.409. The largest absolute Gasteiger partial charge is 0.452 e. The molecule has 2 aromatic rings. The number of rotatable bonds is 3. The summed E-state index contributed by atoms with van der Waals surface area (Å²) in [5, 5.41) is 0. The standard InChI is InChI=1S/C22H27FN2O3/c1-22(2,3)28-21(26)25-12-10-15(11-13-25)16-8-9-18(24)20(14-16)27-19-7-5-4-6-17(19)23/h4-9,14-15H,10-13,24H2,1-3H3. The molecule has 2 N–H and O–H groups in total. The van der Waals surface area contributed by atoms with E-state index in [0.717, 1.165) is 18.4 Å². The van der Waals surface area contributed by atoms with Crippen LogP contribution in [0.25, 0.3) is 0 Å².